The van der Waals surface area contributed by atoms with E-state index < -0.39 is 0 Å². The fourth-order valence-corrected chi connectivity index (χ4v) is 1.68. The van der Waals surface area contributed by atoms with Crippen LogP contribution in [0.2, 0.25) is 0 Å². The first-order chi connectivity index (χ1) is 4.79. The molecular weight excluding hydrogens is 128 g/mol. The summed E-state index contributed by atoms with van der Waals surface area (Å²) in [5, 5.41) is 16.6. The van der Waals surface area contributed by atoms with E-state index in [0.29, 0.717) is 11.6 Å². The first-order valence-electron chi connectivity index (χ1n) is 3.55. The van der Waals surface area contributed by atoms with Crippen LogP contribution in [0.25, 0.3) is 0 Å². The van der Waals surface area contributed by atoms with Crippen molar-refractivity contribution >= 4 is 5.84 Å². The lowest BCUT2D eigenvalue weighted by Crippen LogP contribution is -2.28. The van der Waals surface area contributed by atoms with Crippen molar-refractivity contribution in [3.05, 3.63) is 11.8 Å². The van der Waals surface area contributed by atoms with Gasteiger partial charge < -0.3 is 10.0 Å². The minimum Gasteiger partial charge on any atom is -0.510 e. The van der Waals surface area contributed by atoms with Gasteiger partial charge in [-0.2, -0.15) is 0 Å². The maximum absolute atomic E-state index is 9.25. The quantitative estimate of drug-likeness (QED) is 0.522. The van der Waals surface area contributed by atoms with Gasteiger partial charge in [-0.25, -0.2) is 0 Å². The van der Waals surface area contributed by atoms with Gasteiger partial charge in [0.1, 0.15) is 11.6 Å². The molecule has 0 radical (unpaired) electrons. The lowest BCUT2D eigenvalue weighted by molar-refractivity contribution is 0.312. The van der Waals surface area contributed by atoms with E-state index in [1.54, 1.807) is 6.08 Å². The molecule has 1 unspecified atom stereocenters. The molecular formula is C7H10N2O. The van der Waals surface area contributed by atoms with E-state index in [-0.39, 0.29) is 6.04 Å². The Balaban J connectivity index is 2.29. The van der Waals surface area contributed by atoms with E-state index in [1.807, 2.05) is 4.90 Å². The molecule has 2 N–H and O–H groups in total. The molecule has 54 valence electrons. The number of hydrogen-bond acceptors (Lipinski definition) is 2. The van der Waals surface area contributed by atoms with Crippen molar-refractivity contribution in [2.75, 3.05) is 6.54 Å². The number of nitrogens with one attached hydrogen (secondary N) is 1. The Kier molecular flexibility index (Phi) is 1.01. The van der Waals surface area contributed by atoms with Gasteiger partial charge in [-0.15, -0.1) is 0 Å². The van der Waals surface area contributed by atoms with Crippen LogP contribution in [-0.2, 0) is 0 Å². The number of hydrogen-bond donors (Lipinski definition) is 2. The topological polar surface area (TPSA) is 47.3 Å². The predicted octanol–water partition coefficient (Wildman–Crippen LogP) is 0.884. The molecule has 0 saturated carbocycles. The Bertz CT molecular complexity index is 210. The summed E-state index contributed by atoms with van der Waals surface area (Å²) in [5.41, 5.74) is 0. The molecule has 0 aliphatic carbocycles. The second-order valence-corrected chi connectivity index (χ2v) is 2.81. The first kappa shape index (κ1) is 5.77. The summed E-state index contributed by atoms with van der Waals surface area (Å²) in [6, 6.07) is 0.146. The average molecular weight is 138 g/mol. The zero-order chi connectivity index (χ0) is 7.14. The molecule has 2 heterocycles. The maximum Gasteiger partial charge on any atom is 0.124 e. The second kappa shape index (κ2) is 1.75. The normalized spacial score (nSPS) is 30.8. The molecule has 0 bridgehead atoms. The van der Waals surface area contributed by atoms with E-state index in [4.69, 9.17) is 5.41 Å². The van der Waals surface area contributed by atoms with Crippen molar-refractivity contribution in [3.8, 4) is 0 Å². The zero-order valence-corrected chi connectivity index (χ0v) is 5.67. The molecule has 0 aromatic heterocycles. The van der Waals surface area contributed by atoms with Crippen molar-refractivity contribution in [1.29, 1.82) is 5.41 Å². The monoisotopic (exact) mass is 138 g/mol. The van der Waals surface area contributed by atoms with Gasteiger partial charge in [0.2, 0.25) is 0 Å². The molecule has 3 nitrogen and oxygen atoms in total. The highest BCUT2D eigenvalue weighted by atomic mass is 16.3. The molecule has 0 amide bonds. The summed E-state index contributed by atoms with van der Waals surface area (Å²) in [5.74, 6) is 0.850. The summed E-state index contributed by atoms with van der Waals surface area (Å²) in [6.07, 6.45) is 3.65. The van der Waals surface area contributed by atoms with Crippen LogP contribution in [-0.4, -0.2) is 28.4 Å². The van der Waals surface area contributed by atoms with Gasteiger partial charge in [-0.1, -0.05) is 0 Å². The van der Waals surface area contributed by atoms with Crippen LogP contribution in [0.15, 0.2) is 11.8 Å². The molecule has 1 saturated heterocycles. The summed E-state index contributed by atoms with van der Waals surface area (Å²) in [6.45, 7) is 0.935. The standard InChI is InChI=1S/C7H10N2O/c8-7-4-6(10)5-2-1-3-9(5)7/h4-5,8,10H,1-3H2. The van der Waals surface area contributed by atoms with Gasteiger partial charge >= 0.3 is 0 Å². The Morgan fingerprint density at radius 3 is 3.20 bits per heavy atom. The average Bonchev–Trinajstić information content (AvgIpc) is 2.39. The molecule has 1 atom stereocenters. The van der Waals surface area contributed by atoms with Gasteiger partial charge in [0.15, 0.2) is 0 Å². The number of nitrogens with zero attached hydrogens (tertiary/aromatic N) is 1. The van der Waals surface area contributed by atoms with Gasteiger partial charge in [-0.3, -0.25) is 5.41 Å². The van der Waals surface area contributed by atoms with E-state index in [9.17, 15) is 5.11 Å². The smallest absolute Gasteiger partial charge is 0.124 e. The van der Waals surface area contributed by atoms with Crippen LogP contribution in [0.1, 0.15) is 12.8 Å². The van der Waals surface area contributed by atoms with Crippen molar-refractivity contribution in [1.82, 2.24) is 4.90 Å². The van der Waals surface area contributed by atoms with Crippen LogP contribution < -0.4 is 0 Å². The van der Waals surface area contributed by atoms with Crippen LogP contribution in [0.4, 0.5) is 0 Å². The first-order valence-corrected chi connectivity index (χ1v) is 3.55. The summed E-state index contributed by atoms with van der Waals surface area (Å²) in [7, 11) is 0. The predicted molar refractivity (Wildman–Crippen MR) is 38.2 cm³/mol. The van der Waals surface area contributed by atoms with Crippen LogP contribution in [0.5, 0.6) is 0 Å². The second-order valence-electron chi connectivity index (χ2n) is 2.81. The van der Waals surface area contributed by atoms with Crippen molar-refractivity contribution < 1.29 is 5.11 Å². The van der Waals surface area contributed by atoms with Crippen molar-refractivity contribution in [2.45, 2.75) is 18.9 Å². The highest BCUT2D eigenvalue weighted by Crippen LogP contribution is 2.27. The molecule has 1 fully saturated rings. The van der Waals surface area contributed by atoms with E-state index >= 15 is 0 Å². The van der Waals surface area contributed by atoms with Crippen LogP contribution >= 0.6 is 0 Å². The molecule has 10 heavy (non-hydrogen) atoms. The molecule has 0 spiro atoms. The van der Waals surface area contributed by atoms with Gasteiger partial charge in [0, 0.05) is 12.6 Å². The van der Waals surface area contributed by atoms with Crippen LogP contribution in [0, 0.1) is 5.41 Å². The SMILES string of the molecule is N=C1C=C(O)C2CCCN12. The number of fused-ring (bicyclic) bond motifs is 1. The molecule has 0 aromatic rings. The minimum atomic E-state index is 0.146. The van der Waals surface area contributed by atoms with Gasteiger partial charge in [0.05, 0.1) is 6.04 Å². The van der Waals surface area contributed by atoms with Crippen LogP contribution in [0.3, 0.4) is 0 Å². The third kappa shape index (κ3) is 0.574. The van der Waals surface area contributed by atoms with E-state index in [0.717, 1.165) is 19.4 Å². The number of amidine groups is 1. The summed E-state index contributed by atoms with van der Waals surface area (Å²) in [4.78, 5) is 1.94. The summed E-state index contributed by atoms with van der Waals surface area (Å²) >= 11 is 0. The minimum absolute atomic E-state index is 0.146. The third-order valence-corrected chi connectivity index (χ3v) is 2.19. The van der Waals surface area contributed by atoms with E-state index in [1.165, 1.54) is 0 Å². The number of aliphatic hydroxyl groups excluding tert-OH is 1. The fourth-order valence-electron chi connectivity index (χ4n) is 1.68. The Morgan fingerprint density at radius 2 is 2.50 bits per heavy atom. The number of rotatable bonds is 0. The Morgan fingerprint density at radius 1 is 1.70 bits per heavy atom. The van der Waals surface area contributed by atoms with Gasteiger partial charge in [-0.05, 0) is 12.8 Å². The Labute approximate surface area is 59.5 Å². The molecule has 2 aliphatic heterocycles. The molecule has 3 heteroatoms. The maximum atomic E-state index is 9.25. The van der Waals surface area contributed by atoms with Crippen molar-refractivity contribution in [2.24, 2.45) is 0 Å². The molecule has 2 rings (SSSR count). The zero-order valence-electron chi connectivity index (χ0n) is 5.67. The Hall–Kier alpha value is -0.990. The largest absolute Gasteiger partial charge is 0.510 e. The third-order valence-electron chi connectivity index (χ3n) is 2.19. The highest BCUT2D eigenvalue weighted by Gasteiger charge is 2.33. The van der Waals surface area contributed by atoms with E-state index in [2.05, 4.69) is 0 Å². The highest BCUT2D eigenvalue weighted by molar-refractivity contribution is 5.94. The molecule has 2 aliphatic rings. The van der Waals surface area contributed by atoms with Gasteiger partial charge in [0.25, 0.3) is 0 Å². The lowest BCUT2D eigenvalue weighted by Gasteiger charge is -2.16. The van der Waals surface area contributed by atoms with Crippen molar-refractivity contribution in [3.63, 3.8) is 0 Å². The summed E-state index contributed by atoms with van der Waals surface area (Å²) < 4.78 is 0. The molecule has 0 aromatic carbocycles. The number of aliphatic hydroxyl groups is 1. The fraction of sp³-hybridized carbons (Fsp3) is 0.571. The lowest BCUT2D eigenvalue weighted by atomic mass is 10.2.